The first kappa shape index (κ1) is 23.2. The largest absolute Gasteiger partial charge is 0.444 e. The molecule has 0 unspecified atom stereocenters. The molecule has 0 saturated carbocycles. The van der Waals surface area contributed by atoms with Crippen molar-refractivity contribution >= 4 is 17.7 Å². The van der Waals surface area contributed by atoms with Crippen LogP contribution in [-0.2, 0) is 11.2 Å². The third kappa shape index (κ3) is 10.3. The van der Waals surface area contributed by atoms with E-state index in [1.54, 1.807) is 19.2 Å². The van der Waals surface area contributed by atoms with Crippen molar-refractivity contribution in [1.29, 1.82) is 0 Å². The number of benzene rings is 1. The number of carbonyl (C=O) groups excluding carboxylic acids is 1. The number of rotatable bonds is 9. The maximum Gasteiger partial charge on any atom is 0.407 e. The van der Waals surface area contributed by atoms with Gasteiger partial charge in [0.1, 0.15) is 5.60 Å². The molecule has 0 bridgehead atoms. The monoisotopic (exact) mass is 393 g/mol. The van der Waals surface area contributed by atoms with Gasteiger partial charge in [-0.1, -0.05) is 12.1 Å². The molecule has 0 aliphatic heterocycles. The van der Waals surface area contributed by atoms with Crippen molar-refractivity contribution in [2.75, 3.05) is 26.7 Å². The highest BCUT2D eigenvalue weighted by Crippen LogP contribution is 2.13. The van der Waals surface area contributed by atoms with Crippen LogP contribution < -0.4 is 16.0 Å². The maximum atomic E-state index is 11.5. The Morgan fingerprint density at radius 2 is 1.68 bits per heavy atom. The van der Waals surface area contributed by atoms with Gasteiger partial charge in [0.2, 0.25) is 0 Å². The average Bonchev–Trinajstić information content (AvgIpc) is 2.62. The first-order valence-corrected chi connectivity index (χ1v) is 9.36. The summed E-state index contributed by atoms with van der Waals surface area (Å²) in [7, 11) is 1.69. The van der Waals surface area contributed by atoms with Gasteiger partial charge in [-0.2, -0.15) is 0 Å². The van der Waals surface area contributed by atoms with E-state index < -0.39 is 16.6 Å². The number of ether oxygens (including phenoxy) is 1. The highest BCUT2D eigenvalue weighted by molar-refractivity contribution is 5.79. The number of nitrogens with one attached hydrogen (secondary N) is 3. The van der Waals surface area contributed by atoms with Crippen molar-refractivity contribution in [3.8, 4) is 0 Å². The molecule has 1 aromatic carbocycles. The smallest absolute Gasteiger partial charge is 0.407 e. The minimum absolute atomic E-state index is 0.112. The van der Waals surface area contributed by atoms with Crippen LogP contribution in [0.15, 0.2) is 29.3 Å². The molecule has 0 spiro atoms. The molecule has 0 heterocycles. The predicted octanol–water partition coefficient (Wildman–Crippen LogP) is 2.61. The van der Waals surface area contributed by atoms with Crippen molar-refractivity contribution in [2.24, 2.45) is 4.99 Å². The molecule has 9 heteroatoms. The number of non-ortho nitro benzene ring substituents is 1. The van der Waals surface area contributed by atoms with Gasteiger partial charge in [0.25, 0.3) is 5.69 Å². The summed E-state index contributed by atoms with van der Waals surface area (Å²) in [5, 5.41) is 19.6. The standard InChI is InChI=1S/C19H31N5O4/c1-19(2,3)28-18(25)23-14-13-22-17(20-4)21-12-6-5-7-15-8-10-16(11-9-15)24(26)27/h8-11H,5-7,12-14H2,1-4H3,(H,23,25)(H2,20,21,22). The first-order chi connectivity index (χ1) is 13.2. The second-order valence-corrected chi connectivity index (χ2v) is 7.24. The predicted molar refractivity (Wildman–Crippen MR) is 110 cm³/mol. The Morgan fingerprint density at radius 1 is 1.07 bits per heavy atom. The molecule has 1 rings (SSSR count). The number of nitro groups is 1. The summed E-state index contributed by atoms with van der Waals surface area (Å²) in [5.74, 6) is 0.668. The van der Waals surface area contributed by atoms with Crippen molar-refractivity contribution in [1.82, 2.24) is 16.0 Å². The molecule has 0 atom stereocenters. The zero-order valence-electron chi connectivity index (χ0n) is 17.1. The summed E-state index contributed by atoms with van der Waals surface area (Å²) < 4.78 is 5.16. The Kier molecular flexibility index (Phi) is 9.76. The number of hydrogen-bond donors (Lipinski definition) is 3. The number of carbonyl (C=O) groups is 1. The number of unbranched alkanes of at least 4 members (excludes halogenated alkanes) is 1. The quantitative estimate of drug-likeness (QED) is 0.195. The zero-order chi connectivity index (χ0) is 21.0. The fourth-order valence-electron chi connectivity index (χ4n) is 2.33. The Labute approximate surface area is 166 Å². The lowest BCUT2D eigenvalue weighted by atomic mass is 10.1. The highest BCUT2D eigenvalue weighted by atomic mass is 16.6. The van der Waals surface area contributed by atoms with Gasteiger partial charge in [0.05, 0.1) is 4.92 Å². The van der Waals surface area contributed by atoms with Gasteiger partial charge in [-0.15, -0.1) is 0 Å². The first-order valence-electron chi connectivity index (χ1n) is 9.36. The molecule has 3 N–H and O–H groups in total. The van der Waals surface area contributed by atoms with E-state index in [9.17, 15) is 14.9 Å². The summed E-state index contributed by atoms with van der Waals surface area (Å²) in [4.78, 5) is 25.9. The van der Waals surface area contributed by atoms with Gasteiger partial charge in [0.15, 0.2) is 5.96 Å². The van der Waals surface area contributed by atoms with Gasteiger partial charge in [-0.25, -0.2) is 4.79 Å². The second kappa shape index (κ2) is 11.8. The van der Waals surface area contributed by atoms with E-state index in [0.717, 1.165) is 31.4 Å². The fourth-order valence-corrected chi connectivity index (χ4v) is 2.33. The molecule has 1 amide bonds. The van der Waals surface area contributed by atoms with E-state index in [1.165, 1.54) is 12.1 Å². The second-order valence-electron chi connectivity index (χ2n) is 7.24. The normalized spacial score (nSPS) is 11.6. The molecule has 28 heavy (non-hydrogen) atoms. The van der Waals surface area contributed by atoms with Gasteiger partial charge in [0, 0.05) is 38.8 Å². The number of hydrogen-bond acceptors (Lipinski definition) is 5. The molecule has 156 valence electrons. The van der Waals surface area contributed by atoms with Gasteiger partial charge < -0.3 is 20.7 Å². The molecule has 9 nitrogen and oxygen atoms in total. The Bertz CT molecular complexity index is 653. The van der Waals surface area contributed by atoms with Crippen LogP contribution in [0.25, 0.3) is 0 Å². The molecule has 0 radical (unpaired) electrons. The van der Waals surface area contributed by atoms with Crippen LogP contribution in [0, 0.1) is 10.1 Å². The van der Waals surface area contributed by atoms with Gasteiger partial charge in [-0.05, 0) is 45.6 Å². The average molecular weight is 393 g/mol. The zero-order valence-corrected chi connectivity index (χ0v) is 17.1. The lowest BCUT2D eigenvalue weighted by Gasteiger charge is -2.19. The van der Waals surface area contributed by atoms with Crippen molar-refractivity contribution in [2.45, 2.75) is 45.6 Å². The van der Waals surface area contributed by atoms with E-state index in [4.69, 9.17) is 4.74 Å². The van der Waals surface area contributed by atoms with Crippen LogP contribution in [0.5, 0.6) is 0 Å². The van der Waals surface area contributed by atoms with E-state index in [0.29, 0.717) is 19.0 Å². The van der Waals surface area contributed by atoms with Crippen LogP contribution >= 0.6 is 0 Å². The highest BCUT2D eigenvalue weighted by Gasteiger charge is 2.15. The summed E-state index contributed by atoms with van der Waals surface area (Å²) in [6.07, 6.45) is 2.32. The van der Waals surface area contributed by atoms with Gasteiger partial charge >= 0.3 is 6.09 Å². The van der Waals surface area contributed by atoms with E-state index >= 15 is 0 Å². The van der Waals surface area contributed by atoms with Crippen LogP contribution in [0.3, 0.4) is 0 Å². The molecule has 0 aromatic heterocycles. The lowest BCUT2D eigenvalue weighted by molar-refractivity contribution is -0.384. The minimum atomic E-state index is -0.510. The Balaban J connectivity index is 2.14. The SMILES string of the molecule is CN=C(NCCCCc1ccc([N+](=O)[O-])cc1)NCCNC(=O)OC(C)(C)C. The number of amides is 1. The number of aryl methyl sites for hydroxylation is 1. The molecule has 0 aliphatic carbocycles. The number of nitro benzene ring substituents is 1. The van der Waals surface area contributed by atoms with Crippen molar-refractivity contribution < 1.29 is 14.5 Å². The molecular weight excluding hydrogens is 362 g/mol. The number of guanidine groups is 1. The summed E-state index contributed by atoms with van der Waals surface area (Å²) in [5.41, 5.74) is 0.687. The van der Waals surface area contributed by atoms with Crippen LogP contribution in [0.2, 0.25) is 0 Å². The Morgan fingerprint density at radius 3 is 2.25 bits per heavy atom. The third-order valence-electron chi connectivity index (χ3n) is 3.64. The number of aliphatic imine (C=N–C) groups is 1. The molecular formula is C19H31N5O4. The third-order valence-corrected chi connectivity index (χ3v) is 3.64. The van der Waals surface area contributed by atoms with E-state index in [2.05, 4.69) is 20.9 Å². The lowest BCUT2D eigenvalue weighted by Crippen LogP contribution is -2.42. The number of nitrogens with zero attached hydrogens (tertiary/aromatic N) is 2. The van der Waals surface area contributed by atoms with E-state index in [1.807, 2.05) is 20.8 Å². The van der Waals surface area contributed by atoms with Crippen molar-refractivity contribution in [3.63, 3.8) is 0 Å². The van der Waals surface area contributed by atoms with Gasteiger partial charge in [-0.3, -0.25) is 15.1 Å². The maximum absolute atomic E-state index is 11.5. The fraction of sp³-hybridized carbons (Fsp3) is 0.579. The summed E-state index contributed by atoms with van der Waals surface area (Å²) >= 11 is 0. The topological polar surface area (TPSA) is 118 Å². The molecule has 0 aliphatic rings. The summed E-state index contributed by atoms with van der Waals surface area (Å²) in [6.45, 7) is 7.16. The molecule has 1 aromatic rings. The number of alkyl carbamates (subject to hydrolysis) is 1. The van der Waals surface area contributed by atoms with Crippen LogP contribution in [-0.4, -0.2) is 49.3 Å². The molecule has 0 saturated heterocycles. The van der Waals surface area contributed by atoms with Crippen LogP contribution in [0.1, 0.15) is 39.2 Å². The Hall–Kier alpha value is -2.84. The van der Waals surface area contributed by atoms with Crippen LogP contribution in [0.4, 0.5) is 10.5 Å². The van der Waals surface area contributed by atoms with E-state index in [-0.39, 0.29) is 5.69 Å². The summed E-state index contributed by atoms with van der Waals surface area (Å²) in [6, 6.07) is 6.66. The van der Waals surface area contributed by atoms with Crippen molar-refractivity contribution in [3.05, 3.63) is 39.9 Å². The molecule has 0 fully saturated rings. The minimum Gasteiger partial charge on any atom is -0.444 e.